The first-order valence-corrected chi connectivity index (χ1v) is 10.2. The Hall–Kier alpha value is -0.700. The summed E-state index contributed by atoms with van der Waals surface area (Å²) in [5.74, 6) is 0.123. The van der Waals surface area contributed by atoms with Gasteiger partial charge in [0.2, 0.25) is 15.9 Å². The van der Waals surface area contributed by atoms with E-state index in [1.54, 1.807) is 6.92 Å². The number of nitrogens with zero attached hydrogens (tertiary/aromatic N) is 1. The maximum Gasteiger partial charge on any atom is 0.248 e. The molecular weight excluding hydrogens is 332 g/mol. The van der Waals surface area contributed by atoms with Crippen molar-refractivity contribution in [2.75, 3.05) is 32.0 Å². The summed E-state index contributed by atoms with van der Waals surface area (Å²) in [7, 11) is -3.40. The van der Waals surface area contributed by atoms with Crippen LogP contribution in [0.25, 0.3) is 0 Å². The van der Waals surface area contributed by atoms with Gasteiger partial charge in [-0.05, 0) is 33.1 Å². The van der Waals surface area contributed by atoms with Crippen LogP contribution < -0.4 is 5.32 Å². The number of sulfonamides is 1. The molecule has 1 saturated heterocycles. The third-order valence-electron chi connectivity index (χ3n) is 3.87. The van der Waals surface area contributed by atoms with Crippen molar-refractivity contribution < 1.29 is 22.7 Å². The van der Waals surface area contributed by atoms with Crippen molar-refractivity contribution in [3.05, 3.63) is 0 Å². The molecule has 142 valence electrons. The van der Waals surface area contributed by atoms with Crippen LogP contribution in [0.2, 0.25) is 0 Å². The Balaban J connectivity index is 2.35. The smallest absolute Gasteiger partial charge is 0.248 e. The summed E-state index contributed by atoms with van der Waals surface area (Å²) >= 11 is 0. The summed E-state index contributed by atoms with van der Waals surface area (Å²) in [6.07, 6.45) is 0.0780. The van der Waals surface area contributed by atoms with Crippen LogP contribution in [0.1, 0.15) is 41.0 Å². The van der Waals surface area contributed by atoms with E-state index in [1.807, 2.05) is 13.8 Å². The normalized spacial score (nSPS) is 24.1. The van der Waals surface area contributed by atoms with Gasteiger partial charge in [-0.25, -0.2) is 8.42 Å². The van der Waals surface area contributed by atoms with Gasteiger partial charge in [-0.15, -0.1) is 0 Å². The largest absolute Gasteiger partial charge is 0.373 e. The van der Waals surface area contributed by atoms with Crippen molar-refractivity contribution in [2.45, 2.75) is 59.4 Å². The quantitative estimate of drug-likeness (QED) is 0.660. The average Bonchev–Trinajstić information content (AvgIpc) is 2.45. The molecule has 0 bridgehead atoms. The zero-order chi connectivity index (χ0) is 18.3. The first kappa shape index (κ1) is 21.3. The molecule has 1 fully saturated rings. The van der Waals surface area contributed by atoms with E-state index in [0.717, 1.165) is 6.42 Å². The third-order valence-corrected chi connectivity index (χ3v) is 5.68. The number of rotatable bonds is 9. The lowest BCUT2D eigenvalue weighted by molar-refractivity contribution is -0.131. The fourth-order valence-electron chi connectivity index (χ4n) is 2.49. The van der Waals surface area contributed by atoms with Crippen molar-refractivity contribution in [3.8, 4) is 0 Å². The zero-order valence-corrected chi connectivity index (χ0v) is 16.3. The Bertz CT molecular complexity index is 485. The summed E-state index contributed by atoms with van der Waals surface area (Å²) in [5.41, 5.74) is 0. The number of morpholine rings is 1. The molecule has 1 rings (SSSR count). The Morgan fingerprint density at radius 3 is 2.38 bits per heavy atom. The molecule has 0 aromatic rings. The molecule has 0 unspecified atom stereocenters. The van der Waals surface area contributed by atoms with E-state index in [2.05, 4.69) is 19.2 Å². The fourth-order valence-corrected chi connectivity index (χ4v) is 3.98. The molecule has 3 atom stereocenters. The van der Waals surface area contributed by atoms with Crippen LogP contribution in [-0.2, 0) is 24.3 Å². The van der Waals surface area contributed by atoms with Gasteiger partial charge < -0.3 is 14.8 Å². The summed E-state index contributed by atoms with van der Waals surface area (Å²) < 4.78 is 37.2. The fraction of sp³-hybridized carbons (Fsp3) is 0.938. The predicted octanol–water partition coefficient (Wildman–Crippen LogP) is 0.993. The van der Waals surface area contributed by atoms with Gasteiger partial charge in [0.25, 0.3) is 0 Å². The van der Waals surface area contributed by atoms with Gasteiger partial charge in [-0.2, -0.15) is 4.31 Å². The van der Waals surface area contributed by atoms with Gasteiger partial charge in [0.05, 0.1) is 18.0 Å². The summed E-state index contributed by atoms with van der Waals surface area (Å²) in [6, 6.07) is 0. The average molecular weight is 365 g/mol. The van der Waals surface area contributed by atoms with Gasteiger partial charge in [-0.3, -0.25) is 4.79 Å². The minimum absolute atomic E-state index is 0.0825. The van der Waals surface area contributed by atoms with E-state index in [1.165, 1.54) is 4.31 Å². The molecule has 8 heteroatoms. The number of nitrogens with one attached hydrogen (secondary N) is 1. The number of amides is 1. The molecule has 0 aromatic heterocycles. The number of carbonyl (C=O) groups is 1. The first-order valence-electron chi connectivity index (χ1n) is 8.64. The van der Waals surface area contributed by atoms with E-state index in [-0.39, 0.29) is 30.4 Å². The lowest BCUT2D eigenvalue weighted by atomic mass is 10.1. The maximum atomic E-state index is 12.4. The highest BCUT2D eigenvalue weighted by molar-refractivity contribution is 7.89. The molecule has 0 saturated carbocycles. The highest BCUT2D eigenvalue weighted by Crippen LogP contribution is 2.14. The third kappa shape index (κ3) is 7.46. The van der Waals surface area contributed by atoms with E-state index in [4.69, 9.17) is 9.47 Å². The van der Waals surface area contributed by atoms with Crippen LogP contribution in [0.5, 0.6) is 0 Å². The van der Waals surface area contributed by atoms with E-state index in [9.17, 15) is 13.2 Å². The highest BCUT2D eigenvalue weighted by atomic mass is 32.2. The standard InChI is InChI=1S/C16H32N2O5S/c1-12(2)6-8-22-15(5)16(19)17-7-9-24(20,21)18-10-13(3)23-14(4)11-18/h12-15H,6-11H2,1-5H3,(H,17,19)/t13-,14-,15+/m0/s1. The number of hydrogen-bond donors (Lipinski definition) is 1. The molecule has 0 aromatic carbocycles. The van der Waals surface area contributed by atoms with Crippen LogP contribution >= 0.6 is 0 Å². The number of ether oxygens (including phenoxy) is 2. The van der Waals surface area contributed by atoms with Gasteiger partial charge in [0.1, 0.15) is 6.10 Å². The minimum atomic E-state index is -3.40. The molecule has 0 radical (unpaired) electrons. The second-order valence-corrected chi connectivity index (χ2v) is 8.97. The Morgan fingerprint density at radius 1 is 1.25 bits per heavy atom. The summed E-state index contributed by atoms with van der Waals surface area (Å²) in [4.78, 5) is 11.9. The Kier molecular flexibility index (Phi) is 8.62. The molecule has 1 amide bonds. The minimum Gasteiger partial charge on any atom is -0.373 e. The van der Waals surface area contributed by atoms with Gasteiger partial charge in [-0.1, -0.05) is 13.8 Å². The van der Waals surface area contributed by atoms with Crippen LogP contribution in [0.4, 0.5) is 0 Å². The predicted molar refractivity (Wildman–Crippen MR) is 93.2 cm³/mol. The second kappa shape index (κ2) is 9.70. The number of hydrogen-bond acceptors (Lipinski definition) is 5. The van der Waals surface area contributed by atoms with Gasteiger partial charge >= 0.3 is 0 Å². The van der Waals surface area contributed by atoms with E-state index in [0.29, 0.717) is 25.6 Å². The topological polar surface area (TPSA) is 84.9 Å². The van der Waals surface area contributed by atoms with Crippen molar-refractivity contribution >= 4 is 15.9 Å². The maximum absolute atomic E-state index is 12.4. The molecule has 0 aliphatic carbocycles. The number of carbonyl (C=O) groups excluding carboxylic acids is 1. The van der Waals surface area contributed by atoms with Crippen molar-refractivity contribution in [2.24, 2.45) is 5.92 Å². The molecule has 1 aliphatic heterocycles. The molecule has 1 aliphatic rings. The second-order valence-electron chi connectivity index (χ2n) is 6.88. The van der Waals surface area contributed by atoms with Gasteiger partial charge in [0.15, 0.2) is 0 Å². The van der Waals surface area contributed by atoms with Crippen molar-refractivity contribution in [1.29, 1.82) is 0 Å². The van der Waals surface area contributed by atoms with Crippen molar-refractivity contribution in [3.63, 3.8) is 0 Å². The van der Waals surface area contributed by atoms with E-state index >= 15 is 0 Å². The van der Waals surface area contributed by atoms with Crippen LogP contribution in [0.15, 0.2) is 0 Å². The summed E-state index contributed by atoms with van der Waals surface area (Å²) in [5, 5.41) is 2.64. The SMILES string of the molecule is CC(C)CCO[C@H](C)C(=O)NCCS(=O)(=O)N1C[C@H](C)O[C@@H](C)C1. The molecule has 1 N–H and O–H groups in total. The molecule has 7 nitrogen and oxygen atoms in total. The van der Waals surface area contributed by atoms with Crippen LogP contribution in [0, 0.1) is 5.92 Å². The Morgan fingerprint density at radius 2 is 1.83 bits per heavy atom. The first-order chi connectivity index (χ1) is 11.1. The molecule has 0 spiro atoms. The summed E-state index contributed by atoms with van der Waals surface area (Å²) in [6.45, 7) is 10.9. The monoisotopic (exact) mass is 364 g/mol. The lowest BCUT2D eigenvalue weighted by Gasteiger charge is -2.34. The van der Waals surface area contributed by atoms with Gasteiger partial charge in [0, 0.05) is 26.2 Å². The van der Waals surface area contributed by atoms with Crippen LogP contribution in [0.3, 0.4) is 0 Å². The molecular formula is C16H32N2O5S. The Labute approximate surface area is 146 Å². The lowest BCUT2D eigenvalue weighted by Crippen LogP contribution is -2.50. The molecule has 1 heterocycles. The highest BCUT2D eigenvalue weighted by Gasteiger charge is 2.30. The van der Waals surface area contributed by atoms with Crippen molar-refractivity contribution in [1.82, 2.24) is 9.62 Å². The zero-order valence-electron chi connectivity index (χ0n) is 15.4. The van der Waals surface area contributed by atoms with E-state index < -0.39 is 16.1 Å². The van der Waals surface area contributed by atoms with Crippen LogP contribution in [-0.4, -0.2) is 68.9 Å². The molecule has 24 heavy (non-hydrogen) atoms.